The van der Waals surface area contributed by atoms with Crippen molar-refractivity contribution < 1.29 is 9.84 Å². The molecule has 0 radical (unpaired) electrons. The molecule has 1 fully saturated rings. The zero-order chi connectivity index (χ0) is 12.0. The Balaban J connectivity index is 2.34. The highest BCUT2D eigenvalue weighted by Crippen LogP contribution is 2.35. The van der Waals surface area contributed by atoms with Crippen molar-refractivity contribution in [2.45, 2.75) is 46.1 Å². The number of aliphatic hydroxyl groups excluding tert-OH is 1. The van der Waals surface area contributed by atoms with E-state index in [9.17, 15) is 0 Å². The standard InChI is InChI=1S/C13H27NO2/c1-4-13(2,3)12-6-5-7-14(12)8-10-16-11-9-15/h12,15H,4-11H2,1-3H3. The van der Waals surface area contributed by atoms with Crippen LogP contribution < -0.4 is 0 Å². The third-order valence-corrected chi connectivity index (χ3v) is 3.94. The predicted molar refractivity (Wildman–Crippen MR) is 66.6 cm³/mol. The molecule has 0 aromatic carbocycles. The number of rotatable bonds is 7. The number of likely N-dealkylation sites (tertiary alicyclic amines) is 1. The first kappa shape index (κ1) is 13.9. The first-order valence-electron chi connectivity index (χ1n) is 6.54. The monoisotopic (exact) mass is 229 g/mol. The van der Waals surface area contributed by atoms with Gasteiger partial charge in [0.2, 0.25) is 0 Å². The van der Waals surface area contributed by atoms with Crippen LogP contribution in [0.3, 0.4) is 0 Å². The second kappa shape index (κ2) is 6.58. The minimum Gasteiger partial charge on any atom is -0.394 e. The molecule has 1 aliphatic rings. The van der Waals surface area contributed by atoms with Crippen molar-refractivity contribution in [3.05, 3.63) is 0 Å². The molecule has 1 unspecified atom stereocenters. The molecule has 0 aromatic rings. The molecule has 1 aliphatic heterocycles. The number of hydrogen-bond acceptors (Lipinski definition) is 3. The highest BCUT2D eigenvalue weighted by molar-refractivity contribution is 4.89. The van der Waals surface area contributed by atoms with Gasteiger partial charge in [-0.15, -0.1) is 0 Å². The zero-order valence-electron chi connectivity index (χ0n) is 11.0. The van der Waals surface area contributed by atoms with E-state index in [-0.39, 0.29) is 6.61 Å². The van der Waals surface area contributed by atoms with Crippen molar-refractivity contribution in [1.29, 1.82) is 0 Å². The Morgan fingerprint density at radius 1 is 1.38 bits per heavy atom. The quantitative estimate of drug-likeness (QED) is 0.677. The van der Waals surface area contributed by atoms with Crippen molar-refractivity contribution in [2.24, 2.45) is 5.41 Å². The van der Waals surface area contributed by atoms with E-state index in [0.717, 1.165) is 13.2 Å². The van der Waals surface area contributed by atoms with Crippen molar-refractivity contribution >= 4 is 0 Å². The molecule has 0 aromatic heterocycles. The summed E-state index contributed by atoms with van der Waals surface area (Å²) in [6.07, 6.45) is 3.86. The largest absolute Gasteiger partial charge is 0.394 e. The summed E-state index contributed by atoms with van der Waals surface area (Å²) < 4.78 is 5.35. The Labute approximate surface area is 99.8 Å². The maximum absolute atomic E-state index is 8.64. The van der Waals surface area contributed by atoms with Gasteiger partial charge in [-0.3, -0.25) is 4.90 Å². The minimum absolute atomic E-state index is 0.129. The molecular weight excluding hydrogens is 202 g/mol. The topological polar surface area (TPSA) is 32.7 Å². The molecule has 1 saturated heterocycles. The lowest BCUT2D eigenvalue weighted by molar-refractivity contribution is 0.0516. The zero-order valence-corrected chi connectivity index (χ0v) is 11.0. The fraction of sp³-hybridized carbons (Fsp3) is 1.00. The lowest BCUT2D eigenvalue weighted by Crippen LogP contribution is -2.42. The van der Waals surface area contributed by atoms with Gasteiger partial charge >= 0.3 is 0 Å². The lowest BCUT2D eigenvalue weighted by Gasteiger charge is -2.37. The molecule has 1 heterocycles. The van der Waals surface area contributed by atoms with Gasteiger partial charge in [0.15, 0.2) is 0 Å². The summed E-state index contributed by atoms with van der Waals surface area (Å²) in [5, 5.41) is 8.64. The molecule has 0 spiro atoms. The fourth-order valence-corrected chi connectivity index (χ4v) is 2.56. The van der Waals surface area contributed by atoms with Crippen LogP contribution in [-0.4, -0.2) is 49.0 Å². The van der Waals surface area contributed by atoms with Gasteiger partial charge in [-0.05, 0) is 31.2 Å². The van der Waals surface area contributed by atoms with Gasteiger partial charge in [0.25, 0.3) is 0 Å². The van der Waals surface area contributed by atoms with Crippen molar-refractivity contribution in [2.75, 3.05) is 32.9 Å². The second-order valence-electron chi connectivity index (χ2n) is 5.37. The average Bonchev–Trinajstić information content (AvgIpc) is 2.73. The first-order valence-corrected chi connectivity index (χ1v) is 6.54. The molecule has 0 saturated carbocycles. The predicted octanol–water partition coefficient (Wildman–Crippen LogP) is 1.90. The highest BCUT2D eigenvalue weighted by Gasteiger charge is 2.35. The molecule has 3 nitrogen and oxygen atoms in total. The molecule has 0 amide bonds. The summed E-state index contributed by atoms with van der Waals surface area (Å²) in [5.41, 5.74) is 0.410. The Morgan fingerprint density at radius 2 is 2.12 bits per heavy atom. The Bertz CT molecular complexity index is 194. The smallest absolute Gasteiger partial charge is 0.0698 e. The van der Waals surface area contributed by atoms with Crippen LogP contribution in [0, 0.1) is 5.41 Å². The van der Waals surface area contributed by atoms with Crippen LogP contribution in [0.5, 0.6) is 0 Å². The SMILES string of the molecule is CCC(C)(C)C1CCCN1CCOCCO. The first-order chi connectivity index (χ1) is 7.61. The normalized spacial score (nSPS) is 22.9. The van der Waals surface area contributed by atoms with E-state index in [2.05, 4.69) is 25.7 Å². The number of nitrogens with zero attached hydrogens (tertiary/aromatic N) is 1. The van der Waals surface area contributed by atoms with Crippen LogP contribution in [0.1, 0.15) is 40.0 Å². The molecule has 1 atom stereocenters. The Morgan fingerprint density at radius 3 is 2.75 bits per heavy atom. The van der Waals surface area contributed by atoms with Gasteiger partial charge in [0, 0.05) is 12.6 Å². The van der Waals surface area contributed by atoms with Gasteiger partial charge < -0.3 is 9.84 Å². The van der Waals surface area contributed by atoms with E-state index < -0.39 is 0 Å². The van der Waals surface area contributed by atoms with Crippen LogP contribution in [0.15, 0.2) is 0 Å². The number of aliphatic hydroxyl groups is 1. The van der Waals surface area contributed by atoms with E-state index in [1.807, 2.05) is 0 Å². The second-order valence-corrected chi connectivity index (χ2v) is 5.37. The van der Waals surface area contributed by atoms with Gasteiger partial charge in [-0.2, -0.15) is 0 Å². The maximum atomic E-state index is 8.64. The van der Waals surface area contributed by atoms with Crippen LogP contribution >= 0.6 is 0 Å². The van der Waals surface area contributed by atoms with E-state index in [4.69, 9.17) is 9.84 Å². The van der Waals surface area contributed by atoms with Gasteiger partial charge in [-0.1, -0.05) is 20.8 Å². The van der Waals surface area contributed by atoms with E-state index in [0.29, 0.717) is 18.1 Å². The van der Waals surface area contributed by atoms with Crippen LogP contribution in [0.4, 0.5) is 0 Å². The summed E-state index contributed by atoms with van der Waals surface area (Å²) in [5.74, 6) is 0. The molecule has 1 rings (SSSR count). The van der Waals surface area contributed by atoms with Crippen LogP contribution in [-0.2, 0) is 4.74 Å². The molecule has 3 heteroatoms. The summed E-state index contributed by atoms with van der Waals surface area (Å²) in [6.45, 7) is 10.6. The average molecular weight is 229 g/mol. The van der Waals surface area contributed by atoms with Gasteiger partial charge in [0.05, 0.1) is 19.8 Å². The summed E-state index contributed by atoms with van der Waals surface area (Å²) in [4.78, 5) is 2.56. The van der Waals surface area contributed by atoms with Crippen LogP contribution in [0.25, 0.3) is 0 Å². The number of ether oxygens (including phenoxy) is 1. The molecular formula is C13H27NO2. The summed E-state index contributed by atoms with van der Waals surface area (Å²) in [7, 11) is 0. The van der Waals surface area contributed by atoms with E-state index in [1.54, 1.807) is 0 Å². The molecule has 0 aliphatic carbocycles. The molecule has 0 bridgehead atoms. The summed E-state index contributed by atoms with van der Waals surface area (Å²) >= 11 is 0. The molecule has 1 N–H and O–H groups in total. The lowest BCUT2D eigenvalue weighted by atomic mass is 9.80. The van der Waals surface area contributed by atoms with E-state index >= 15 is 0 Å². The maximum Gasteiger partial charge on any atom is 0.0698 e. The van der Waals surface area contributed by atoms with Gasteiger partial charge in [-0.25, -0.2) is 0 Å². The highest BCUT2D eigenvalue weighted by atomic mass is 16.5. The third kappa shape index (κ3) is 3.72. The van der Waals surface area contributed by atoms with Gasteiger partial charge in [0.1, 0.15) is 0 Å². The van der Waals surface area contributed by atoms with Crippen LogP contribution in [0.2, 0.25) is 0 Å². The number of hydrogen-bond donors (Lipinski definition) is 1. The van der Waals surface area contributed by atoms with Crippen molar-refractivity contribution in [3.8, 4) is 0 Å². The summed E-state index contributed by atoms with van der Waals surface area (Å²) in [6, 6.07) is 0.704. The Kier molecular flexibility index (Phi) is 5.73. The van der Waals surface area contributed by atoms with Crippen molar-refractivity contribution in [1.82, 2.24) is 4.90 Å². The van der Waals surface area contributed by atoms with Crippen molar-refractivity contribution in [3.63, 3.8) is 0 Å². The third-order valence-electron chi connectivity index (χ3n) is 3.94. The fourth-order valence-electron chi connectivity index (χ4n) is 2.56. The Hall–Kier alpha value is -0.120. The molecule has 16 heavy (non-hydrogen) atoms. The molecule has 96 valence electrons. The minimum atomic E-state index is 0.129. The van der Waals surface area contributed by atoms with E-state index in [1.165, 1.54) is 25.8 Å².